The lowest BCUT2D eigenvalue weighted by Gasteiger charge is -2.32. The standard InChI is InChI=1S/C13H19NO3/c1-13(2,12(15)16)11(14)8-9-5-4-6-10(7-9)17-3/h4-7,11H,8,14H2,1-3H3,(H,15,16)/p-1. The average molecular weight is 236 g/mol. The molecule has 0 aliphatic carbocycles. The van der Waals surface area contributed by atoms with E-state index in [0.29, 0.717) is 6.42 Å². The predicted molar refractivity (Wildman–Crippen MR) is 63.5 cm³/mol. The fourth-order valence-corrected chi connectivity index (χ4v) is 1.46. The number of benzene rings is 1. The minimum atomic E-state index is -1.13. The molecule has 0 aliphatic rings. The van der Waals surface area contributed by atoms with E-state index in [1.54, 1.807) is 21.0 Å². The third kappa shape index (κ3) is 3.20. The second kappa shape index (κ2) is 5.19. The highest BCUT2D eigenvalue weighted by atomic mass is 16.5. The Morgan fingerprint density at radius 1 is 1.53 bits per heavy atom. The molecule has 0 saturated carbocycles. The molecular formula is C13H18NO3-. The van der Waals surface area contributed by atoms with Gasteiger partial charge in [0.1, 0.15) is 5.75 Å². The molecule has 0 spiro atoms. The van der Waals surface area contributed by atoms with Crippen LogP contribution in [0.5, 0.6) is 5.75 Å². The predicted octanol–water partition coefficient (Wildman–Crippen LogP) is 0.341. The van der Waals surface area contributed by atoms with Crippen LogP contribution < -0.4 is 15.6 Å². The van der Waals surface area contributed by atoms with Gasteiger partial charge in [-0.25, -0.2) is 0 Å². The van der Waals surface area contributed by atoms with E-state index >= 15 is 0 Å². The number of nitrogens with two attached hydrogens (primary N) is 1. The Hall–Kier alpha value is -1.55. The largest absolute Gasteiger partial charge is 0.550 e. The van der Waals surface area contributed by atoms with Gasteiger partial charge in [-0.3, -0.25) is 0 Å². The number of hydrogen-bond acceptors (Lipinski definition) is 4. The molecule has 0 aliphatic heterocycles. The zero-order chi connectivity index (χ0) is 13.1. The van der Waals surface area contributed by atoms with Crippen molar-refractivity contribution in [2.45, 2.75) is 26.3 Å². The topological polar surface area (TPSA) is 75.4 Å². The summed E-state index contributed by atoms with van der Waals surface area (Å²) in [6.45, 7) is 3.15. The van der Waals surface area contributed by atoms with E-state index in [0.717, 1.165) is 11.3 Å². The first-order valence-corrected chi connectivity index (χ1v) is 5.48. The van der Waals surface area contributed by atoms with Crippen molar-refractivity contribution in [2.24, 2.45) is 11.1 Å². The molecule has 1 unspecified atom stereocenters. The number of hydrogen-bond donors (Lipinski definition) is 1. The van der Waals surface area contributed by atoms with Crippen molar-refractivity contribution in [1.29, 1.82) is 0 Å². The Kier molecular flexibility index (Phi) is 4.12. The van der Waals surface area contributed by atoms with E-state index in [1.165, 1.54) is 0 Å². The lowest BCUT2D eigenvalue weighted by Crippen LogP contribution is -2.50. The smallest absolute Gasteiger partial charge is 0.119 e. The Morgan fingerprint density at radius 2 is 2.18 bits per heavy atom. The van der Waals surface area contributed by atoms with Gasteiger partial charge in [0.2, 0.25) is 0 Å². The molecule has 0 fully saturated rings. The van der Waals surface area contributed by atoms with E-state index in [4.69, 9.17) is 10.5 Å². The number of carbonyl (C=O) groups is 1. The number of aliphatic carboxylic acids is 1. The van der Waals surface area contributed by atoms with E-state index in [-0.39, 0.29) is 0 Å². The molecule has 0 aromatic heterocycles. The molecule has 1 aromatic carbocycles. The Bertz CT molecular complexity index is 401. The van der Waals surface area contributed by atoms with Gasteiger partial charge in [-0.15, -0.1) is 0 Å². The van der Waals surface area contributed by atoms with Gasteiger partial charge < -0.3 is 20.4 Å². The molecule has 1 atom stereocenters. The van der Waals surface area contributed by atoms with Crippen molar-refractivity contribution in [2.75, 3.05) is 7.11 Å². The van der Waals surface area contributed by atoms with E-state index < -0.39 is 17.4 Å². The van der Waals surface area contributed by atoms with Gasteiger partial charge >= 0.3 is 0 Å². The molecule has 0 bridgehead atoms. The van der Waals surface area contributed by atoms with Crippen molar-refractivity contribution in [3.8, 4) is 5.75 Å². The fraction of sp³-hybridized carbons (Fsp3) is 0.462. The lowest BCUT2D eigenvalue weighted by molar-refractivity contribution is -0.318. The molecule has 1 aromatic rings. The van der Waals surface area contributed by atoms with Gasteiger partial charge in [0.15, 0.2) is 0 Å². The molecule has 0 saturated heterocycles. The number of rotatable bonds is 5. The summed E-state index contributed by atoms with van der Waals surface area (Å²) in [6.07, 6.45) is 0.470. The van der Waals surface area contributed by atoms with Crippen LogP contribution >= 0.6 is 0 Å². The fourth-order valence-electron chi connectivity index (χ4n) is 1.46. The molecule has 0 radical (unpaired) electrons. The summed E-state index contributed by atoms with van der Waals surface area (Å²) in [7, 11) is 1.59. The molecule has 4 heteroatoms. The molecular weight excluding hydrogens is 218 g/mol. The number of carbonyl (C=O) groups excluding carboxylic acids is 1. The molecule has 1 rings (SSSR count). The number of carboxylic acids is 1. The number of carboxylic acid groups (broad SMARTS) is 1. The highest BCUT2D eigenvalue weighted by Gasteiger charge is 2.27. The summed E-state index contributed by atoms with van der Waals surface area (Å²) >= 11 is 0. The maximum absolute atomic E-state index is 11.0. The van der Waals surface area contributed by atoms with E-state index in [2.05, 4.69) is 0 Å². The summed E-state index contributed by atoms with van der Waals surface area (Å²) in [5, 5.41) is 11.0. The Morgan fingerprint density at radius 3 is 2.71 bits per heavy atom. The second-order valence-corrected chi connectivity index (χ2v) is 4.67. The maximum Gasteiger partial charge on any atom is 0.119 e. The van der Waals surface area contributed by atoms with Crippen molar-refractivity contribution in [3.05, 3.63) is 29.8 Å². The zero-order valence-corrected chi connectivity index (χ0v) is 10.4. The molecule has 0 amide bonds. The van der Waals surface area contributed by atoms with Gasteiger partial charge in [-0.05, 0) is 24.1 Å². The molecule has 17 heavy (non-hydrogen) atoms. The van der Waals surface area contributed by atoms with Crippen LogP contribution in [-0.2, 0) is 11.2 Å². The summed E-state index contributed by atoms with van der Waals surface area (Å²) in [6, 6.07) is 6.93. The van der Waals surface area contributed by atoms with E-state index in [9.17, 15) is 9.90 Å². The number of ether oxygens (including phenoxy) is 1. The zero-order valence-electron chi connectivity index (χ0n) is 10.4. The van der Waals surface area contributed by atoms with E-state index in [1.807, 2.05) is 24.3 Å². The SMILES string of the molecule is COc1cccc(CC(N)C(C)(C)C(=O)[O-])c1. The van der Waals surface area contributed by atoms with Crippen LogP contribution in [0.2, 0.25) is 0 Å². The van der Waals surface area contributed by atoms with Crippen LogP contribution in [-0.4, -0.2) is 19.1 Å². The maximum atomic E-state index is 11.0. The Balaban J connectivity index is 2.80. The minimum absolute atomic E-state index is 0.470. The van der Waals surface area contributed by atoms with Crippen LogP contribution in [0, 0.1) is 5.41 Å². The van der Waals surface area contributed by atoms with Crippen molar-refractivity contribution in [3.63, 3.8) is 0 Å². The second-order valence-electron chi connectivity index (χ2n) is 4.67. The van der Waals surface area contributed by atoms with Crippen LogP contribution in [0.25, 0.3) is 0 Å². The lowest BCUT2D eigenvalue weighted by atomic mass is 9.82. The highest BCUT2D eigenvalue weighted by molar-refractivity contribution is 5.72. The number of methoxy groups -OCH3 is 1. The highest BCUT2D eigenvalue weighted by Crippen LogP contribution is 2.22. The monoisotopic (exact) mass is 236 g/mol. The normalized spacial score (nSPS) is 13.2. The average Bonchev–Trinajstić information content (AvgIpc) is 2.29. The van der Waals surface area contributed by atoms with Crippen LogP contribution in [0.4, 0.5) is 0 Å². The van der Waals surface area contributed by atoms with Gasteiger partial charge in [0, 0.05) is 17.4 Å². The summed E-state index contributed by atoms with van der Waals surface area (Å²) < 4.78 is 5.10. The van der Waals surface area contributed by atoms with Crippen molar-refractivity contribution in [1.82, 2.24) is 0 Å². The molecule has 2 N–H and O–H groups in total. The molecule has 94 valence electrons. The van der Waals surface area contributed by atoms with Crippen molar-refractivity contribution >= 4 is 5.97 Å². The quantitative estimate of drug-likeness (QED) is 0.800. The Labute approximate surface area is 101 Å². The van der Waals surface area contributed by atoms with Gasteiger partial charge in [-0.1, -0.05) is 26.0 Å². The van der Waals surface area contributed by atoms with Crippen LogP contribution in [0.15, 0.2) is 24.3 Å². The van der Waals surface area contributed by atoms with Gasteiger partial charge in [-0.2, -0.15) is 0 Å². The first-order valence-electron chi connectivity index (χ1n) is 5.48. The summed E-state index contributed by atoms with van der Waals surface area (Å²) in [4.78, 5) is 11.0. The first kappa shape index (κ1) is 13.5. The molecule has 0 heterocycles. The van der Waals surface area contributed by atoms with Crippen molar-refractivity contribution < 1.29 is 14.6 Å². The summed E-state index contributed by atoms with van der Waals surface area (Å²) in [5.74, 6) is -0.395. The summed E-state index contributed by atoms with van der Waals surface area (Å²) in [5.41, 5.74) is 5.81. The minimum Gasteiger partial charge on any atom is -0.550 e. The van der Waals surface area contributed by atoms with Gasteiger partial charge in [0.05, 0.1) is 7.11 Å². The third-order valence-corrected chi connectivity index (χ3v) is 3.04. The third-order valence-electron chi connectivity index (χ3n) is 3.04. The van der Waals surface area contributed by atoms with Crippen LogP contribution in [0.3, 0.4) is 0 Å². The molecule has 4 nitrogen and oxygen atoms in total. The van der Waals surface area contributed by atoms with Crippen LogP contribution in [0.1, 0.15) is 19.4 Å². The van der Waals surface area contributed by atoms with Gasteiger partial charge in [0.25, 0.3) is 0 Å². The first-order chi connectivity index (χ1) is 7.87.